The van der Waals surface area contributed by atoms with Crippen LogP contribution in [-0.2, 0) is 18.9 Å². The Labute approximate surface area is 176 Å². The maximum Gasteiger partial charge on any atom is 0.329 e. The molecule has 3 heterocycles. The summed E-state index contributed by atoms with van der Waals surface area (Å²) in [5.74, 6) is 1.01. The molecule has 0 radical (unpaired) electrons. The highest BCUT2D eigenvalue weighted by Gasteiger charge is 2.25. The highest BCUT2D eigenvalue weighted by atomic mass is 16.2. The summed E-state index contributed by atoms with van der Waals surface area (Å²) in [6.45, 7) is 0. The van der Waals surface area contributed by atoms with Crippen LogP contribution in [0, 0.1) is 5.92 Å². The number of pyridine rings is 2. The number of hydrogen-bond donors (Lipinski definition) is 1. The second kappa shape index (κ2) is 8.81. The minimum atomic E-state index is -0.00885. The Morgan fingerprint density at radius 3 is 2.33 bits per heavy atom. The van der Waals surface area contributed by atoms with Gasteiger partial charge < -0.3 is 5.32 Å². The lowest BCUT2D eigenvalue weighted by molar-refractivity contribution is -0.120. The molecule has 0 saturated heterocycles. The summed E-state index contributed by atoms with van der Waals surface area (Å²) in [5, 5.41) is 2.93. The molecule has 0 aromatic carbocycles. The van der Waals surface area contributed by atoms with Gasteiger partial charge in [-0.05, 0) is 49.9 Å². The van der Waals surface area contributed by atoms with E-state index in [-0.39, 0.29) is 17.5 Å². The zero-order chi connectivity index (χ0) is 21.1. The van der Waals surface area contributed by atoms with Crippen molar-refractivity contribution in [3.63, 3.8) is 0 Å². The van der Waals surface area contributed by atoms with Crippen molar-refractivity contribution in [3.8, 4) is 0 Å². The van der Waals surface area contributed by atoms with Gasteiger partial charge in [0.15, 0.2) is 5.65 Å². The van der Waals surface area contributed by atoms with Crippen LogP contribution in [0.1, 0.15) is 56.6 Å². The molecule has 0 aliphatic heterocycles. The number of nitrogens with one attached hydrogen (secondary N) is 1. The molecule has 7 nitrogen and oxygen atoms in total. The first-order valence-corrected chi connectivity index (χ1v) is 10.8. The third kappa shape index (κ3) is 4.45. The molecule has 2 saturated carbocycles. The van der Waals surface area contributed by atoms with Crippen molar-refractivity contribution in [1.29, 1.82) is 0 Å². The lowest BCUT2D eigenvalue weighted by atomic mass is 9.88. The van der Waals surface area contributed by atoms with E-state index in [1.54, 1.807) is 35.6 Å². The molecule has 158 valence electrons. The summed E-state index contributed by atoms with van der Waals surface area (Å²) in [4.78, 5) is 32.0. The van der Waals surface area contributed by atoms with Gasteiger partial charge in [0.1, 0.15) is 0 Å². The highest BCUT2D eigenvalue weighted by Crippen LogP contribution is 2.39. The molecule has 5 rings (SSSR count). The largest absolute Gasteiger partial charge is 0.329 e. The molecule has 0 spiro atoms. The molecular weight excluding hydrogens is 378 g/mol. The van der Waals surface area contributed by atoms with Gasteiger partial charge in [0, 0.05) is 49.7 Å². The third-order valence-electron chi connectivity index (χ3n) is 6.05. The molecule has 0 atom stereocenters. The standard InChI is InChI=1S/C12H16N2O.C11H13N3O/c15-12(10-4-2-1-3-5-10)14-11-6-8-13-9-7-11;1-13-9-6-5-8(7-3-4-7)12-10(9)14(2)11(13)15/h6-10H,1-5H2,(H,13,14,15);5-7H,3-4H2,1-2H3. The van der Waals surface area contributed by atoms with Crippen molar-refractivity contribution >= 4 is 22.8 Å². The van der Waals surface area contributed by atoms with Gasteiger partial charge in [-0.3, -0.25) is 18.9 Å². The quantitative estimate of drug-likeness (QED) is 0.717. The zero-order valence-electron chi connectivity index (χ0n) is 17.7. The van der Waals surface area contributed by atoms with Crippen molar-refractivity contribution in [2.75, 3.05) is 5.32 Å². The Morgan fingerprint density at radius 2 is 1.67 bits per heavy atom. The predicted octanol–water partition coefficient (Wildman–Crippen LogP) is 3.75. The number of aryl methyl sites for hydroxylation is 2. The summed E-state index contributed by atoms with van der Waals surface area (Å²) in [5.41, 5.74) is 3.67. The van der Waals surface area contributed by atoms with Crippen LogP contribution in [0.15, 0.2) is 41.5 Å². The van der Waals surface area contributed by atoms with Gasteiger partial charge >= 0.3 is 5.69 Å². The van der Waals surface area contributed by atoms with Crippen LogP contribution in [-0.4, -0.2) is 25.0 Å². The summed E-state index contributed by atoms with van der Waals surface area (Å²) in [6, 6.07) is 7.68. The van der Waals surface area contributed by atoms with Gasteiger partial charge in [0.05, 0.1) is 5.52 Å². The number of hydrogen-bond acceptors (Lipinski definition) is 4. The first kappa shape index (κ1) is 20.3. The van der Waals surface area contributed by atoms with E-state index in [0.717, 1.165) is 35.4 Å². The number of aromatic nitrogens is 4. The van der Waals surface area contributed by atoms with Gasteiger partial charge in [-0.25, -0.2) is 9.78 Å². The van der Waals surface area contributed by atoms with Crippen molar-refractivity contribution < 1.29 is 4.79 Å². The molecule has 30 heavy (non-hydrogen) atoms. The second-order valence-corrected chi connectivity index (χ2v) is 8.31. The van der Waals surface area contributed by atoms with E-state index in [4.69, 9.17) is 0 Å². The summed E-state index contributed by atoms with van der Waals surface area (Å²) >= 11 is 0. The van der Waals surface area contributed by atoms with E-state index >= 15 is 0 Å². The number of amides is 1. The first-order chi connectivity index (χ1) is 14.5. The van der Waals surface area contributed by atoms with Crippen LogP contribution in [0.3, 0.4) is 0 Å². The number of nitrogens with zero attached hydrogens (tertiary/aromatic N) is 4. The van der Waals surface area contributed by atoms with Crippen LogP contribution in [0.25, 0.3) is 11.2 Å². The number of fused-ring (bicyclic) bond motifs is 1. The maximum atomic E-state index is 11.8. The van der Waals surface area contributed by atoms with Crippen molar-refractivity contribution in [1.82, 2.24) is 19.1 Å². The lowest BCUT2D eigenvalue weighted by Gasteiger charge is -2.20. The molecule has 1 N–H and O–H groups in total. The molecule has 2 fully saturated rings. The van der Waals surface area contributed by atoms with Crippen LogP contribution < -0.4 is 11.0 Å². The zero-order valence-corrected chi connectivity index (χ0v) is 17.7. The molecule has 0 bridgehead atoms. The van der Waals surface area contributed by atoms with Crippen molar-refractivity contribution in [2.45, 2.75) is 50.9 Å². The van der Waals surface area contributed by atoms with Gasteiger partial charge in [-0.2, -0.15) is 0 Å². The van der Waals surface area contributed by atoms with Crippen LogP contribution in [0.4, 0.5) is 5.69 Å². The van der Waals surface area contributed by atoms with E-state index in [1.807, 2.05) is 24.3 Å². The number of carbonyl (C=O) groups is 1. The molecule has 1 amide bonds. The predicted molar refractivity (Wildman–Crippen MR) is 117 cm³/mol. The van der Waals surface area contributed by atoms with E-state index < -0.39 is 0 Å². The molecule has 3 aromatic rings. The molecule has 3 aromatic heterocycles. The average molecular weight is 408 g/mol. The van der Waals surface area contributed by atoms with E-state index in [2.05, 4.69) is 15.3 Å². The van der Waals surface area contributed by atoms with Gasteiger partial charge in [-0.15, -0.1) is 0 Å². The minimum absolute atomic E-state index is 0.00885. The van der Waals surface area contributed by atoms with Crippen LogP contribution in [0.5, 0.6) is 0 Å². The Kier molecular flexibility index (Phi) is 5.97. The molecule has 2 aliphatic rings. The van der Waals surface area contributed by atoms with Gasteiger partial charge in [0.2, 0.25) is 5.91 Å². The Morgan fingerprint density at radius 1 is 0.967 bits per heavy atom. The molecule has 0 unspecified atom stereocenters. The summed E-state index contributed by atoms with van der Waals surface area (Å²) < 4.78 is 3.25. The third-order valence-corrected chi connectivity index (χ3v) is 6.05. The van der Waals surface area contributed by atoms with Crippen molar-refractivity contribution in [3.05, 3.63) is 52.8 Å². The molecule has 7 heteroatoms. The molecule has 2 aliphatic carbocycles. The fourth-order valence-electron chi connectivity index (χ4n) is 4.03. The average Bonchev–Trinajstić information content (AvgIpc) is 3.61. The van der Waals surface area contributed by atoms with E-state index in [9.17, 15) is 9.59 Å². The Hall–Kier alpha value is -2.96. The fourth-order valence-corrected chi connectivity index (χ4v) is 4.03. The number of anilines is 1. The van der Waals surface area contributed by atoms with Crippen molar-refractivity contribution in [2.24, 2.45) is 20.0 Å². The maximum absolute atomic E-state index is 11.8. The SMILES string of the molecule is Cn1c(=O)n(C)c2nc(C3CC3)ccc21.O=C(Nc1ccncc1)C1CCCCC1. The summed E-state index contributed by atoms with van der Waals surface area (Å²) in [6.07, 6.45) is 11.6. The second-order valence-electron chi connectivity index (χ2n) is 8.31. The number of carbonyl (C=O) groups excluding carboxylic acids is 1. The number of imidazole rings is 1. The van der Waals surface area contributed by atoms with E-state index in [0.29, 0.717) is 5.92 Å². The van der Waals surface area contributed by atoms with Gasteiger partial charge in [0.25, 0.3) is 0 Å². The first-order valence-electron chi connectivity index (χ1n) is 10.8. The highest BCUT2D eigenvalue weighted by molar-refractivity contribution is 5.92. The fraction of sp³-hybridized carbons (Fsp3) is 0.478. The van der Waals surface area contributed by atoms with Crippen LogP contribution >= 0.6 is 0 Å². The topological polar surface area (TPSA) is 81.8 Å². The lowest BCUT2D eigenvalue weighted by Crippen LogP contribution is -2.24. The van der Waals surface area contributed by atoms with E-state index in [1.165, 1.54) is 32.1 Å². The monoisotopic (exact) mass is 407 g/mol. The van der Waals surface area contributed by atoms with Crippen LogP contribution in [0.2, 0.25) is 0 Å². The van der Waals surface area contributed by atoms with Gasteiger partial charge in [-0.1, -0.05) is 19.3 Å². The Balaban J connectivity index is 0.000000145. The molecular formula is C23H29N5O2. The number of rotatable bonds is 3. The normalized spacial score (nSPS) is 16.7. The Bertz CT molecular complexity index is 1080. The minimum Gasteiger partial charge on any atom is -0.326 e. The summed E-state index contributed by atoms with van der Waals surface area (Å²) in [7, 11) is 3.55. The smallest absolute Gasteiger partial charge is 0.326 e.